The molecule has 4 aliphatic carbocycles. The molecule has 0 amide bonds. The number of hydrogen-bond acceptors (Lipinski definition) is 5. The topological polar surface area (TPSA) is 77.5 Å². The van der Waals surface area contributed by atoms with Gasteiger partial charge in [0.05, 0.1) is 10.5 Å². The highest BCUT2D eigenvalue weighted by atomic mass is 32.2. The third-order valence-corrected chi connectivity index (χ3v) is 7.82. The van der Waals surface area contributed by atoms with E-state index in [0.29, 0.717) is 17.8 Å². The van der Waals surface area contributed by atoms with E-state index in [1.54, 1.807) is 6.92 Å². The molecule has 27 heavy (non-hydrogen) atoms. The quantitative estimate of drug-likeness (QED) is 0.720. The summed E-state index contributed by atoms with van der Waals surface area (Å²) in [6.07, 6.45) is 6.83. The van der Waals surface area contributed by atoms with E-state index in [0.717, 1.165) is 25.5 Å². The first kappa shape index (κ1) is 18.7. The number of ketones is 1. The third kappa shape index (κ3) is 3.44. The number of benzene rings is 1. The van der Waals surface area contributed by atoms with Crippen LogP contribution >= 0.6 is 0 Å². The molecule has 5 rings (SSSR count). The fourth-order valence-electron chi connectivity index (χ4n) is 5.98. The van der Waals surface area contributed by atoms with Crippen LogP contribution in [0.25, 0.3) is 0 Å². The number of esters is 1. The largest absolute Gasteiger partial charge is 0.451 e. The number of sulfone groups is 1. The molecule has 0 spiro atoms. The molecule has 1 atom stereocenters. The highest BCUT2D eigenvalue weighted by Crippen LogP contribution is 2.60. The summed E-state index contributed by atoms with van der Waals surface area (Å²) in [5, 5.41) is 0. The first-order chi connectivity index (χ1) is 12.7. The van der Waals surface area contributed by atoms with Crippen molar-refractivity contribution in [2.75, 3.05) is 6.26 Å². The smallest absolute Gasteiger partial charge is 0.338 e. The molecule has 1 aromatic rings. The van der Waals surface area contributed by atoms with Crippen molar-refractivity contribution in [3.05, 3.63) is 29.8 Å². The van der Waals surface area contributed by atoms with Gasteiger partial charge in [-0.15, -0.1) is 0 Å². The summed E-state index contributed by atoms with van der Waals surface area (Å²) in [4.78, 5) is 25.8. The van der Waals surface area contributed by atoms with Gasteiger partial charge in [0.1, 0.15) is 0 Å². The van der Waals surface area contributed by atoms with Crippen LogP contribution in [-0.4, -0.2) is 32.5 Å². The van der Waals surface area contributed by atoms with Crippen LogP contribution in [-0.2, 0) is 19.4 Å². The van der Waals surface area contributed by atoms with Gasteiger partial charge in [0.15, 0.2) is 21.7 Å². The minimum atomic E-state index is -3.41. The maximum atomic E-state index is 13.2. The van der Waals surface area contributed by atoms with Crippen LogP contribution in [0.5, 0.6) is 0 Å². The Hall–Kier alpha value is -1.69. The molecule has 0 N–H and O–H groups in total. The monoisotopic (exact) mass is 390 g/mol. The molecule has 0 radical (unpaired) electrons. The molecular weight excluding hydrogens is 364 g/mol. The van der Waals surface area contributed by atoms with Crippen LogP contribution in [0.2, 0.25) is 0 Å². The van der Waals surface area contributed by atoms with Crippen molar-refractivity contribution in [3.63, 3.8) is 0 Å². The Bertz CT molecular complexity index is 850. The zero-order valence-electron chi connectivity index (χ0n) is 15.8. The van der Waals surface area contributed by atoms with Gasteiger partial charge in [-0.05, 0) is 81.4 Å². The normalized spacial score (nSPS) is 32.9. The molecule has 4 aliphatic rings. The van der Waals surface area contributed by atoms with Gasteiger partial charge < -0.3 is 4.74 Å². The number of rotatable bonds is 5. The summed E-state index contributed by atoms with van der Waals surface area (Å²) in [6, 6.07) is 5.77. The lowest BCUT2D eigenvalue weighted by molar-refractivity contribution is -0.152. The molecule has 4 fully saturated rings. The Kier molecular flexibility index (Phi) is 4.45. The molecule has 146 valence electrons. The highest BCUT2D eigenvalue weighted by molar-refractivity contribution is 7.90. The van der Waals surface area contributed by atoms with Crippen molar-refractivity contribution in [2.45, 2.75) is 56.4 Å². The summed E-state index contributed by atoms with van der Waals surface area (Å²) < 4.78 is 28.9. The Labute approximate surface area is 160 Å². The molecule has 1 aromatic carbocycles. The summed E-state index contributed by atoms with van der Waals surface area (Å²) in [5.41, 5.74) is -0.161. The van der Waals surface area contributed by atoms with E-state index in [2.05, 4.69) is 0 Å². The molecule has 0 saturated heterocycles. The second-order valence-electron chi connectivity index (χ2n) is 8.91. The minimum Gasteiger partial charge on any atom is -0.451 e. The summed E-state index contributed by atoms with van der Waals surface area (Å²) in [6.45, 7) is 1.65. The van der Waals surface area contributed by atoms with E-state index in [1.807, 2.05) is 0 Å². The van der Waals surface area contributed by atoms with Crippen LogP contribution in [0.15, 0.2) is 29.2 Å². The predicted octanol–water partition coefficient (Wildman–Crippen LogP) is 3.42. The van der Waals surface area contributed by atoms with Gasteiger partial charge >= 0.3 is 5.97 Å². The third-order valence-electron chi connectivity index (χ3n) is 6.71. The van der Waals surface area contributed by atoms with E-state index < -0.39 is 21.9 Å². The SMILES string of the molecule is C[C@H](OC(=O)c1cccc(S(C)(=O)=O)c1)C(=O)C12CC3CC(CC(C3)C1)C2. The maximum Gasteiger partial charge on any atom is 0.338 e. The van der Waals surface area contributed by atoms with Crippen LogP contribution in [0.3, 0.4) is 0 Å². The molecule has 6 heteroatoms. The zero-order chi connectivity index (χ0) is 19.4. The van der Waals surface area contributed by atoms with E-state index in [4.69, 9.17) is 4.74 Å². The van der Waals surface area contributed by atoms with Gasteiger partial charge in [-0.2, -0.15) is 0 Å². The number of hydrogen-bond donors (Lipinski definition) is 0. The fraction of sp³-hybridized carbons (Fsp3) is 0.619. The second kappa shape index (κ2) is 6.43. The molecule has 0 unspecified atom stereocenters. The van der Waals surface area contributed by atoms with Crippen molar-refractivity contribution in [1.29, 1.82) is 0 Å². The number of ether oxygens (including phenoxy) is 1. The molecule has 5 nitrogen and oxygen atoms in total. The maximum absolute atomic E-state index is 13.2. The fourth-order valence-corrected chi connectivity index (χ4v) is 6.65. The molecule has 0 heterocycles. The summed E-state index contributed by atoms with van der Waals surface area (Å²) >= 11 is 0. The van der Waals surface area contributed by atoms with Gasteiger partial charge in [0, 0.05) is 11.7 Å². The van der Waals surface area contributed by atoms with Gasteiger partial charge in [0.2, 0.25) is 0 Å². The zero-order valence-corrected chi connectivity index (χ0v) is 16.6. The minimum absolute atomic E-state index is 0.0502. The Morgan fingerprint density at radius 2 is 1.63 bits per heavy atom. The number of carbonyl (C=O) groups is 2. The number of Topliss-reactive ketones (excluding diaryl/α,β-unsaturated/α-hetero) is 1. The first-order valence-corrected chi connectivity index (χ1v) is 11.6. The van der Waals surface area contributed by atoms with Gasteiger partial charge in [-0.1, -0.05) is 6.07 Å². The Morgan fingerprint density at radius 1 is 1.07 bits per heavy atom. The molecular formula is C21H26O5S. The summed E-state index contributed by atoms with van der Waals surface area (Å²) in [7, 11) is -3.41. The van der Waals surface area contributed by atoms with Crippen molar-refractivity contribution in [3.8, 4) is 0 Å². The standard InChI is InChI=1S/C21H26O5S/c1-13(26-20(23)17-4-3-5-18(9-17)27(2,24)25)19(22)21-10-14-6-15(11-21)8-16(7-14)12-21/h3-5,9,13-16H,6-8,10-12H2,1-2H3/t13-,14?,15?,16?,21?/m0/s1. The van der Waals surface area contributed by atoms with Gasteiger partial charge in [-0.3, -0.25) is 4.79 Å². The van der Waals surface area contributed by atoms with Crippen molar-refractivity contribution >= 4 is 21.6 Å². The molecule has 4 bridgehead atoms. The average Bonchev–Trinajstić information content (AvgIpc) is 2.59. The predicted molar refractivity (Wildman–Crippen MR) is 100 cm³/mol. The summed E-state index contributed by atoms with van der Waals surface area (Å²) in [5.74, 6) is 1.35. The lowest BCUT2D eigenvalue weighted by Crippen LogP contribution is -2.52. The van der Waals surface area contributed by atoms with Crippen molar-refractivity contribution in [2.24, 2.45) is 23.2 Å². The lowest BCUT2D eigenvalue weighted by atomic mass is 9.48. The Morgan fingerprint density at radius 3 is 2.15 bits per heavy atom. The van der Waals surface area contributed by atoms with Crippen LogP contribution in [0.4, 0.5) is 0 Å². The van der Waals surface area contributed by atoms with Gasteiger partial charge in [0.25, 0.3) is 0 Å². The van der Waals surface area contributed by atoms with E-state index in [-0.39, 0.29) is 21.7 Å². The van der Waals surface area contributed by atoms with E-state index in [1.165, 1.54) is 43.5 Å². The first-order valence-electron chi connectivity index (χ1n) is 9.72. The Balaban J connectivity index is 1.48. The highest BCUT2D eigenvalue weighted by Gasteiger charge is 2.55. The van der Waals surface area contributed by atoms with Gasteiger partial charge in [-0.25, -0.2) is 13.2 Å². The van der Waals surface area contributed by atoms with Crippen LogP contribution in [0, 0.1) is 23.2 Å². The van der Waals surface area contributed by atoms with Crippen molar-refractivity contribution < 1.29 is 22.7 Å². The number of carbonyl (C=O) groups excluding carboxylic acids is 2. The van der Waals surface area contributed by atoms with E-state index >= 15 is 0 Å². The lowest BCUT2D eigenvalue weighted by Gasteiger charge is -2.56. The molecule has 0 aliphatic heterocycles. The van der Waals surface area contributed by atoms with Crippen LogP contribution in [0.1, 0.15) is 55.8 Å². The van der Waals surface area contributed by atoms with Crippen LogP contribution < -0.4 is 0 Å². The van der Waals surface area contributed by atoms with E-state index in [9.17, 15) is 18.0 Å². The molecule has 0 aromatic heterocycles. The van der Waals surface area contributed by atoms with Crippen molar-refractivity contribution in [1.82, 2.24) is 0 Å². The average molecular weight is 391 g/mol. The second-order valence-corrected chi connectivity index (χ2v) is 10.9. The molecule has 4 saturated carbocycles.